The molecule has 0 aromatic heterocycles. The van der Waals surface area contributed by atoms with Gasteiger partial charge < -0.3 is 5.73 Å². The predicted octanol–water partition coefficient (Wildman–Crippen LogP) is -0.232. The summed E-state index contributed by atoms with van der Waals surface area (Å²) in [5.41, 5.74) is 3.21. The van der Waals surface area contributed by atoms with Gasteiger partial charge in [-0.05, 0) is 6.92 Å². The average Bonchev–Trinajstić information content (AvgIpc) is 1.66. The van der Waals surface area contributed by atoms with Gasteiger partial charge in [0.15, 0.2) is 9.84 Å². The highest BCUT2D eigenvalue weighted by atomic mass is 32.2. The fraction of sp³-hybridized carbons (Fsp3) is 1.00. The molecule has 2 N–H and O–H groups in total. The summed E-state index contributed by atoms with van der Waals surface area (Å²) < 4.78 is 46.8. The minimum atomic E-state index is -3.64. The SMILES string of the molecule is CC1(N)CS(=O)(=O)CC1(F)F. The third kappa shape index (κ3) is 1.37. The normalized spacial score (nSPS) is 40.7. The molecule has 0 bridgehead atoms. The Balaban J connectivity index is 3.08. The van der Waals surface area contributed by atoms with E-state index in [1.54, 1.807) is 0 Å². The Hall–Kier alpha value is -0.230. The molecule has 1 heterocycles. The molecule has 0 aromatic carbocycles. The quantitative estimate of drug-likeness (QED) is 0.567. The lowest BCUT2D eigenvalue weighted by Gasteiger charge is -2.23. The molecule has 1 atom stereocenters. The molecule has 0 aromatic rings. The van der Waals surface area contributed by atoms with Gasteiger partial charge in [-0.3, -0.25) is 0 Å². The topological polar surface area (TPSA) is 60.2 Å². The number of hydrogen-bond acceptors (Lipinski definition) is 3. The third-order valence-corrected chi connectivity index (χ3v) is 3.60. The lowest BCUT2D eigenvalue weighted by Crippen LogP contribution is -2.52. The smallest absolute Gasteiger partial charge is 0.280 e. The zero-order chi connectivity index (χ0) is 8.91. The Bertz CT molecular complexity index is 248. The fourth-order valence-electron chi connectivity index (χ4n) is 1.05. The van der Waals surface area contributed by atoms with Gasteiger partial charge in [0, 0.05) is 0 Å². The van der Waals surface area contributed by atoms with Crippen molar-refractivity contribution in [2.75, 3.05) is 11.5 Å². The van der Waals surface area contributed by atoms with E-state index in [-0.39, 0.29) is 0 Å². The van der Waals surface area contributed by atoms with Gasteiger partial charge in [0.2, 0.25) is 0 Å². The van der Waals surface area contributed by atoms with E-state index in [2.05, 4.69) is 0 Å². The lowest BCUT2D eigenvalue weighted by molar-refractivity contribution is -0.0274. The fourth-order valence-corrected chi connectivity index (χ4v) is 3.16. The second-order valence-electron chi connectivity index (χ2n) is 3.15. The Morgan fingerprint density at radius 2 is 1.82 bits per heavy atom. The number of sulfone groups is 1. The third-order valence-electron chi connectivity index (χ3n) is 1.76. The first-order chi connectivity index (χ1) is 4.66. The highest BCUT2D eigenvalue weighted by Crippen LogP contribution is 2.35. The Labute approximate surface area is 63.5 Å². The summed E-state index contributed by atoms with van der Waals surface area (Å²) in [5, 5.41) is 0. The summed E-state index contributed by atoms with van der Waals surface area (Å²) in [4.78, 5) is 0. The molecule has 0 spiro atoms. The van der Waals surface area contributed by atoms with Crippen LogP contribution in [0.25, 0.3) is 0 Å². The Morgan fingerprint density at radius 3 is 1.91 bits per heavy atom. The van der Waals surface area contributed by atoms with E-state index in [0.29, 0.717) is 0 Å². The molecule has 0 saturated carbocycles. The highest BCUT2D eigenvalue weighted by Gasteiger charge is 2.58. The molecule has 0 radical (unpaired) electrons. The van der Waals surface area contributed by atoms with Crippen LogP contribution in [0.15, 0.2) is 0 Å². The lowest BCUT2D eigenvalue weighted by atomic mass is 10.00. The summed E-state index contributed by atoms with van der Waals surface area (Å²) in [6.07, 6.45) is 0. The first-order valence-electron chi connectivity index (χ1n) is 3.03. The molecular weight excluding hydrogens is 176 g/mol. The van der Waals surface area contributed by atoms with Crippen molar-refractivity contribution >= 4 is 9.84 Å². The maximum absolute atomic E-state index is 12.7. The maximum atomic E-state index is 12.7. The molecule has 1 rings (SSSR count). The molecule has 0 amide bonds. The largest absolute Gasteiger partial charge is 0.319 e. The molecule has 1 unspecified atom stereocenters. The Morgan fingerprint density at radius 1 is 1.36 bits per heavy atom. The first kappa shape index (κ1) is 8.86. The minimum Gasteiger partial charge on any atom is -0.319 e. The maximum Gasteiger partial charge on any atom is 0.280 e. The zero-order valence-electron chi connectivity index (χ0n) is 5.97. The Kier molecular flexibility index (Phi) is 1.55. The molecule has 1 aliphatic heterocycles. The van der Waals surface area contributed by atoms with Crippen LogP contribution in [0.3, 0.4) is 0 Å². The van der Waals surface area contributed by atoms with Crippen molar-refractivity contribution < 1.29 is 17.2 Å². The van der Waals surface area contributed by atoms with Gasteiger partial charge >= 0.3 is 0 Å². The first-order valence-corrected chi connectivity index (χ1v) is 4.86. The van der Waals surface area contributed by atoms with E-state index in [4.69, 9.17) is 5.73 Å². The van der Waals surface area contributed by atoms with Crippen LogP contribution in [-0.2, 0) is 9.84 Å². The van der Waals surface area contributed by atoms with E-state index in [0.717, 1.165) is 6.92 Å². The van der Waals surface area contributed by atoms with Gasteiger partial charge in [0.25, 0.3) is 5.92 Å². The van der Waals surface area contributed by atoms with Crippen molar-refractivity contribution in [1.29, 1.82) is 0 Å². The average molecular weight is 185 g/mol. The summed E-state index contributed by atoms with van der Waals surface area (Å²) in [7, 11) is -3.64. The van der Waals surface area contributed by atoms with Crippen molar-refractivity contribution in [1.82, 2.24) is 0 Å². The van der Waals surface area contributed by atoms with Crippen LogP contribution in [0.4, 0.5) is 8.78 Å². The molecular formula is C5H9F2NO2S. The highest BCUT2D eigenvalue weighted by molar-refractivity contribution is 7.91. The number of hydrogen-bond donors (Lipinski definition) is 1. The van der Waals surface area contributed by atoms with E-state index >= 15 is 0 Å². The molecule has 6 heteroatoms. The minimum absolute atomic E-state index is 0.632. The van der Waals surface area contributed by atoms with E-state index in [1.807, 2.05) is 0 Å². The molecule has 1 aliphatic rings. The van der Waals surface area contributed by atoms with E-state index in [1.165, 1.54) is 0 Å². The van der Waals surface area contributed by atoms with Crippen LogP contribution in [0.1, 0.15) is 6.92 Å². The summed E-state index contributed by atoms with van der Waals surface area (Å²) >= 11 is 0. The van der Waals surface area contributed by atoms with Gasteiger partial charge in [0.1, 0.15) is 5.75 Å². The number of nitrogens with two attached hydrogens (primary N) is 1. The molecule has 1 fully saturated rings. The van der Waals surface area contributed by atoms with Crippen LogP contribution in [0.2, 0.25) is 0 Å². The van der Waals surface area contributed by atoms with Crippen LogP contribution in [-0.4, -0.2) is 31.4 Å². The van der Waals surface area contributed by atoms with Crippen molar-refractivity contribution in [3.8, 4) is 0 Å². The van der Waals surface area contributed by atoms with Gasteiger partial charge in [-0.2, -0.15) is 0 Å². The predicted molar refractivity (Wildman–Crippen MR) is 36.2 cm³/mol. The second-order valence-corrected chi connectivity index (χ2v) is 5.22. The number of rotatable bonds is 0. The van der Waals surface area contributed by atoms with Crippen LogP contribution >= 0.6 is 0 Å². The monoisotopic (exact) mass is 185 g/mol. The summed E-state index contributed by atoms with van der Waals surface area (Å²) in [6.45, 7) is 1.05. The second kappa shape index (κ2) is 1.92. The summed E-state index contributed by atoms with van der Waals surface area (Å²) in [6, 6.07) is 0. The van der Waals surface area contributed by atoms with Crippen molar-refractivity contribution in [3.63, 3.8) is 0 Å². The van der Waals surface area contributed by atoms with Crippen molar-refractivity contribution in [3.05, 3.63) is 0 Å². The standard InChI is InChI=1S/C5H9F2NO2S/c1-4(8)2-11(9,10)3-5(4,6)7/h2-3,8H2,1H3. The molecule has 0 aliphatic carbocycles. The van der Waals surface area contributed by atoms with Gasteiger partial charge in [-0.25, -0.2) is 17.2 Å². The number of halogens is 2. The van der Waals surface area contributed by atoms with Crippen molar-refractivity contribution in [2.45, 2.75) is 18.4 Å². The van der Waals surface area contributed by atoms with Crippen molar-refractivity contribution in [2.24, 2.45) is 5.73 Å². The van der Waals surface area contributed by atoms with E-state index in [9.17, 15) is 17.2 Å². The van der Waals surface area contributed by atoms with Crippen LogP contribution in [0.5, 0.6) is 0 Å². The van der Waals surface area contributed by atoms with Crippen LogP contribution < -0.4 is 5.73 Å². The van der Waals surface area contributed by atoms with E-state index < -0.39 is 32.8 Å². The van der Waals surface area contributed by atoms with Gasteiger partial charge in [-0.15, -0.1) is 0 Å². The molecule has 1 saturated heterocycles. The summed E-state index contributed by atoms with van der Waals surface area (Å²) in [5.74, 6) is -5.04. The number of alkyl halides is 2. The van der Waals surface area contributed by atoms with Gasteiger partial charge in [0.05, 0.1) is 11.3 Å². The van der Waals surface area contributed by atoms with Gasteiger partial charge in [-0.1, -0.05) is 0 Å². The molecule has 11 heavy (non-hydrogen) atoms. The molecule has 66 valence electrons. The zero-order valence-corrected chi connectivity index (χ0v) is 6.79. The van der Waals surface area contributed by atoms with Crippen LogP contribution in [0, 0.1) is 0 Å². The molecule has 3 nitrogen and oxygen atoms in total.